The molecule has 0 aromatic carbocycles. The van der Waals surface area contributed by atoms with Gasteiger partial charge in [-0.2, -0.15) is 0 Å². The van der Waals surface area contributed by atoms with E-state index in [2.05, 4.69) is 28.1 Å². The topological polar surface area (TPSA) is 55.9 Å². The molecule has 102 valence electrons. The number of hydrogen-bond donors (Lipinski definition) is 2. The van der Waals surface area contributed by atoms with Gasteiger partial charge in [0.15, 0.2) is 0 Å². The number of hydrogen-bond acceptors (Lipinski definition) is 3. The lowest BCUT2D eigenvalue weighted by Crippen LogP contribution is -2.43. The van der Waals surface area contributed by atoms with Crippen LogP contribution in [0.25, 0.3) is 0 Å². The van der Waals surface area contributed by atoms with E-state index < -0.39 is 0 Å². The highest BCUT2D eigenvalue weighted by atomic mass is 15.2. The van der Waals surface area contributed by atoms with Gasteiger partial charge in [0, 0.05) is 31.4 Å². The maximum absolute atomic E-state index is 5.76. The van der Waals surface area contributed by atoms with Crippen LogP contribution in [0.2, 0.25) is 0 Å². The summed E-state index contributed by atoms with van der Waals surface area (Å²) < 4.78 is 2.26. The van der Waals surface area contributed by atoms with E-state index in [0.29, 0.717) is 6.04 Å². The molecule has 4 heteroatoms. The van der Waals surface area contributed by atoms with E-state index in [1.165, 1.54) is 37.9 Å². The first kappa shape index (κ1) is 13.6. The van der Waals surface area contributed by atoms with Crippen molar-refractivity contribution in [3.63, 3.8) is 0 Å². The lowest BCUT2D eigenvalue weighted by molar-refractivity contribution is 0.265. The molecule has 0 saturated heterocycles. The van der Waals surface area contributed by atoms with Crippen molar-refractivity contribution in [1.82, 2.24) is 15.0 Å². The molecule has 3 N–H and O–H groups in total. The van der Waals surface area contributed by atoms with Gasteiger partial charge in [0.05, 0.1) is 0 Å². The smallest absolute Gasteiger partial charge is 0.110 e. The Balaban J connectivity index is 1.98. The van der Waals surface area contributed by atoms with Crippen LogP contribution < -0.4 is 11.3 Å². The number of imidazole rings is 1. The van der Waals surface area contributed by atoms with Gasteiger partial charge in [0.25, 0.3) is 0 Å². The molecule has 0 bridgehead atoms. The molecule has 1 aliphatic carbocycles. The maximum atomic E-state index is 5.76. The van der Waals surface area contributed by atoms with Crippen molar-refractivity contribution in [2.45, 2.75) is 64.5 Å². The zero-order valence-corrected chi connectivity index (χ0v) is 11.4. The molecule has 1 saturated carbocycles. The molecule has 18 heavy (non-hydrogen) atoms. The van der Waals surface area contributed by atoms with Crippen molar-refractivity contribution in [2.75, 3.05) is 0 Å². The van der Waals surface area contributed by atoms with Crippen LogP contribution in [0.5, 0.6) is 0 Å². The van der Waals surface area contributed by atoms with Crippen LogP contribution >= 0.6 is 0 Å². The zero-order valence-electron chi connectivity index (χ0n) is 11.4. The Bertz CT molecular complexity index is 341. The molecule has 1 aromatic rings. The molecular formula is C14H26N4. The van der Waals surface area contributed by atoms with Crippen LogP contribution in [0.4, 0.5) is 0 Å². The van der Waals surface area contributed by atoms with Gasteiger partial charge in [0.1, 0.15) is 5.82 Å². The fourth-order valence-electron chi connectivity index (χ4n) is 3.07. The van der Waals surface area contributed by atoms with E-state index in [4.69, 9.17) is 5.84 Å². The van der Waals surface area contributed by atoms with Gasteiger partial charge in [0.2, 0.25) is 0 Å². The average molecular weight is 250 g/mol. The molecule has 1 aliphatic rings. The highest BCUT2D eigenvalue weighted by molar-refractivity contribution is 4.97. The number of aryl methyl sites for hydroxylation is 1. The second-order valence-corrected chi connectivity index (χ2v) is 5.41. The summed E-state index contributed by atoms with van der Waals surface area (Å²) >= 11 is 0. The maximum Gasteiger partial charge on any atom is 0.110 e. The molecule has 0 radical (unpaired) electrons. The minimum absolute atomic E-state index is 0.378. The van der Waals surface area contributed by atoms with Gasteiger partial charge >= 0.3 is 0 Å². The standard InChI is InChI=1S/C14H26N4/c1-2-9-18-10-8-16-14(18)11-13(17-15)12-6-4-3-5-7-12/h8,10,12-13,17H,2-7,9,11,15H2,1H3. The van der Waals surface area contributed by atoms with Gasteiger partial charge in [-0.3, -0.25) is 11.3 Å². The fraction of sp³-hybridized carbons (Fsp3) is 0.786. The van der Waals surface area contributed by atoms with Gasteiger partial charge < -0.3 is 4.57 Å². The number of aromatic nitrogens is 2. The van der Waals surface area contributed by atoms with Gasteiger partial charge in [-0.05, 0) is 25.2 Å². The quantitative estimate of drug-likeness (QED) is 0.601. The van der Waals surface area contributed by atoms with E-state index in [9.17, 15) is 0 Å². The molecule has 0 spiro atoms. The summed E-state index contributed by atoms with van der Waals surface area (Å²) in [5, 5.41) is 0. The van der Waals surface area contributed by atoms with Crippen molar-refractivity contribution >= 4 is 0 Å². The lowest BCUT2D eigenvalue weighted by atomic mass is 9.83. The molecule has 1 unspecified atom stereocenters. The van der Waals surface area contributed by atoms with E-state index in [1.54, 1.807) is 0 Å². The van der Waals surface area contributed by atoms with Crippen LogP contribution in [-0.2, 0) is 13.0 Å². The SMILES string of the molecule is CCCn1ccnc1CC(NN)C1CCCCC1. The van der Waals surface area contributed by atoms with Crippen molar-refractivity contribution in [2.24, 2.45) is 11.8 Å². The minimum atomic E-state index is 0.378. The molecular weight excluding hydrogens is 224 g/mol. The van der Waals surface area contributed by atoms with Crippen LogP contribution in [0, 0.1) is 5.92 Å². The third-order valence-corrected chi connectivity index (χ3v) is 4.10. The molecule has 4 nitrogen and oxygen atoms in total. The number of hydrazine groups is 1. The third-order valence-electron chi connectivity index (χ3n) is 4.10. The fourth-order valence-corrected chi connectivity index (χ4v) is 3.07. The first-order chi connectivity index (χ1) is 8.85. The molecule has 0 amide bonds. The van der Waals surface area contributed by atoms with Crippen molar-refractivity contribution in [1.29, 1.82) is 0 Å². The van der Waals surface area contributed by atoms with E-state index in [-0.39, 0.29) is 0 Å². The Hall–Kier alpha value is -0.870. The molecule has 1 aromatic heterocycles. The van der Waals surface area contributed by atoms with E-state index in [0.717, 1.165) is 25.3 Å². The van der Waals surface area contributed by atoms with E-state index >= 15 is 0 Å². The lowest BCUT2D eigenvalue weighted by Gasteiger charge is -2.29. The largest absolute Gasteiger partial charge is 0.335 e. The molecule has 0 aliphatic heterocycles. The average Bonchev–Trinajstić information content (AvgIpc) is 2.85. The minimum Gasteiger partial charge on any atom is -0.335 e. The number of nitrogens with zero attached hydrogens (tertiary/aromatic N) is 2. The summed E-state index contributed by atoms with van der Waals surface area (Å²) in [5.41, 5.74) is 3.03. The third kappa shape index (κ3) is 3.33. The number of nitrogens with one attached hydrogen (secondary N) is 1. The Labute approximate surface area is 110 Å². The van der Waals surface area contributed by atoms with Crippen LogP contribution in [0.15, 0.2) is 12.4 Å². The Morgan fingerprint density at radius 2 is 2.22 bits per heavy atom. The highest BCUT2D eigenvalue weighted by Gasteiger charge is 2.24. The summed E-state index contributed by atoms with van der Waals surface area (Å²) in [6.45, 7) is 3.25. The van der Waals surface area contributed by atoms with Gasteiger partial charge in [-0.1, -0.05) is 26.2 Å². The number of rotatable bonds is 6. The normalized spacial score (nSPS) is 19.0. The highest BCUT2D eigenvalue weighted by Crippen LogP contribution is 2.27. The van der Waals surface area contributed by atoms with Crippen LogP contribution in [0.3, 0.4) is 0 Å². The molecule has 1 fully saturated rings. The van der Waals surface area contributed by atoms with Crippen molar-refractivity contribution in [3.8, 4) is 0 Å². The summed E-state index contributed by atoms with van der Waals surface area (Å²) in [4.78, 5) is 4.48. The summed E-state index contributed by atoms with van der Waals surface area (Å²) in [7, 11) is 0. The van der Waals surface area contributed by atoms with Crippen molar-refractivity contribution in [3.05, 3.63) is 18.2 Å². The first-order valence-electron chi connectivity index (χ1n) is 7.31. The Kier molecular flexibility index (Phi) is 5.20. The monoisotopic (exact) mass is 250 g/mol. The zero-order chi connectivity index (χ0) is 12.8. The molecule has 1 atom stereocenters. The second-order valence-electron chi connectivity index (χ2n) is 5.41. The first-order valence-corrected chi connectivity index (χ1v) is 7.31. The molecule has 2 rings (SSSR count). The predicted octanol–water partition coefficient (Wildman–Crippen LogP) is 2.25. The molecule has 1 heterocycles. The van der Waals surface area contributed by atoms with Crippen LogP contribution in [0.1, 0.15) is 51.3 Å². The number of nitrogens with two attached hydrogens (primary N) is 1. The van der Waals surface area contributed by atoms with Crippen LogP contribution in [-0.4, -0.2) is 15.6 Å². The summed E-state index contributed by atoms with van der Waals surface area (Å²) in [6, 6.07) is 0.378. The van der Waals surface area contributed by atoms with Crippen molar-refractivity contribution < 1.29 is 0 Å². The van der Waals surface area contributed by atoms with Gasteiger partial charge in [-0.25, -0.2) is 4.98 Å². The predicted molar refractivity (Wildman–Crippen MR) is 73.9 cm³/mol. The Morgan fingerprint density at radius 3 is 2.89 bits per heavy atom. The van der Waals surface area contributed by atoms with E-state index in [1.807, 2.05) is 6.20 Å². The second kappa shape index (κ2) is 6.90. The van der Waals surface area contributed by atoms with Gasteiger partial charge in [-0.15, -0.1) is 0 Å². The Morgan fingerprint density at radius 1 is 1.44 bits per heavy atom. The summed E-state index contributed by atoms with van der Waals surface area (Å²) in [5.74, 6) is 7.65. The summed E-state index contributed by atoms with van der Waals surface area (Å²) in [6.07, 6.45) is 12.8.